The van der Waals surface area contributed by atoms with Crippen LogP contribution in [-0.2, 0) is 36.7 Å². The summed E-state index contributed by atoms with van der Waals surface area (Å²) in [6.07, 6.45) is 5.42. The van der Waals surface area contributed by atoms with Crippen LogP contribution in [0.4, 0.5) is 0 Å². The van der Waals surface area contributed by atoms with Crippen molar-refractivity contribution < 1.29 is 23.7 Å². The van der Waals surface area contributed by atoms with Crippen LogP contribution in [0.1, 0.15) is 101 Å². The lowest BCUT2D eigenvalue weighted by molar-refractivity contribution is -0.138. The molecule has 35 heavy (non-hydrogen) atoms. The molecule has 0 N–H and O–H groups in total. The number of ketones is 1. The molecule has 8 nitrogen and oxygen atoms in total. The van der Waals surface area contributed by atoms with Crippen molar-refractivity contribution >= 4 is 5.78 Å². The van der Waals surface area contributed by atoms with Crippen molar-refractivity contribution in [2.75, 3.05) is 26.4 Å². The van der Waals surface area contributed by atoms with Crippen LogP contribution in [0.3, 0.4) is 0 Å². The Kier molecular flexibility index (Phi) is 12.5. The number of nitrogens with zero attached hydrogens (tertiary/aromatic N) is 3. The van der Waals surface area contributed by atoms with E-state index < -0.39 is 11.2 Å². The minimum absolute atomic E-state index is 0.184. The fourth-order valence-electron chi connectivity index (χ4n) is 3.52. The van der Waals surface area contributed by atoms with Crippen molar-refractivity contribution in [3.05, 3.63) is 11.9 Å². The highest BCUT2D eigenvalue weighted by atomic mass is 16.6. The van der Waals surface area contributed by atoms with Gasteiger partial charge in [-0.15, -0.1) is 5.10 Å². The fraction of sp³-hybridized carbons (Fsp3) is 0.889. The molecule has 1 rings (SSSR count). The molecule has 1 heterocycles. The summed E-state index contributed by atoms with van der Waals surface area (Å²) >= 11 is 0. The molecule has 0 unspecified atom stereocenters. The van der Waals surface area contributed by atoms with Gasteiger partial charge in [0.15, 0.2) is 0 Å². The van der Waals surface area contributed by atoms with Gasteiger partial charge in [-0.2, -0.15) is 0 Å². The van der Waals surface area contributed by atoms with Crippen LogP contribution in [0.2, 0.25) is 0 Å². The van der Waals surface area contributed by atoms with Gasteiger partial charge in [-0.3, -0.25) is 4.79 Å². The molecule has 0 aliphatic carbocycles. The lowest BCUT2D eigenvalue weighted by atomic mass is 10.00. The Balaban J connectivity index is 2.43. The molecule has 1 aromatic rings. The van der Waals surface area contributed by atoms with E-state index in [-0.39, 0.29) is 17.0 Å². The third-order valence-electron chi connectivity index (χ3n) is 5.73. The number of rotatable bonds is 19. The van der Waals surface area contributed by atoms with E-state index in [4.69, 9.17) is 18.9 Å². The van der Waals surface area contributed by atoms with Crippen molar-refractivity contribution in [1.82, 2.24) is 15.0 Å². The highest BCUT2D eigenvalue weighted by Crippen LogP contribution is 2.21. The van der Waals surface area contributed by atoms with Gasteiger partial charge in [-0.05, 0) is 68.2 Å². The number of aromatic nitrogens is 3. The maximum absolute atomic E-state index is 11.8. The maximum atomic E-state index is 11.8. The zero-order valence-electron chi connectivity index (χ0n) is 24.0. The minimum Gasteiger partial charge on any atom is -0.375 e. The third kappa shape index (κ3) is 14.1. The highest BCUT2D eigenvalue weighted by Gasteiger charge is 2.28. The molecule has 0 bridgehead atoms. The second-order valence-electron chi connectivity index (χ2n) is 11.8. The largest absolute Gasteiger partial charge is 0.375 e. The molecule has 0 saturated heterocycles. The van der Waals surface area contributed by atoms with Gasteiger partial charge in [-0.1, -0.05) is 19.1 Å². The Bertz CT molecular complexity index is 756. The molecule has 0 radical (unpaired) electrons. The Morgan fingerprint density at radius 2 is 1.46 bits per heavy atom. The van der Waals surface area contributed by atoms with Gasteiger partial charge in [0.25, 0.3) is 0 Å². The summed E-state index contributed by atoms with van der Waals surface area (Å²) in [5.74, 6) is 0.203. The van der Waals surface area contributed by atoms with Crippen LogP contribution in [0, 0.1) is 0 Å². The van der Waals surface area contributed by atoms with Gasteiger partial charge in [0.2, 0.25) is 0 Å². The SMILES string of the molecule is CCCOC(C)(C)CCOC(C)(C)Cc1cn(CCOC(C)(C)COC(C)(C)CC(=O)CC)nn1. The summed E-state index contributed by atoms with van der Waals surface area (Å²) in [6, 6.07) is 0. The molecule has 0 aromatic carbocycles. The van der Waals surface area contributed by atoms with Gasteiger partial charge in [-0.25, -0.2) is 4.68 Å². The number of Topliss-reactive ketones (excluding diaryl/α,β-unsaturated/α-hetero) is 1. The fourth-order valence-corrected chi connectivity index (χ4v) is 3.52. The highest BCUT2D eigenvalue weighted by molar-refractivity contribution is 5.78. The second kappa shape index (κ2) is 13.8. The third-order valence-corrected chi connectivity index (χ3v) is 5.73. The van der Waals surface area contributed by atoms with Crippen LogP contribution < -0.4 is 0 Å². The topological polar surface area (TPSA) is 84.7 Å². The molecule has 0 saturated carbocycles. The van der Waals surface area contributed by atoms with E-state index in [0.717, 1.165) is 25.1 Å². The summed E-state index contributed by atoms with van der Waals surface area (Å²) in [6.45, 7) is 23.1. The van der Waals surface area contributed by atoms with Crippen molar-refractivity contribution in [3.8, 4) is 0 Å². The zero-order valence-corrected chi connectivity index (χ0v) is 24.0. The molecule has 0 fully saturated rings. The lowest BCUT2D eigenvalue weighted by Gasteiger charge is -2.31. The van der Waals surface area contributed by atoms with Crippen LogP contribution >= 0.6 is 0 Å². The van der Waals surface area contributed by atoms with E-state index in [0.29, 0.717) is 45.6 Å². The van der Waals surface area contributed by atoms with E-state index in [9.17, 15) is 4.79 Å². The molecule has 0 aliphatic heterocycles. The Hall–Kier alpha value is -1.35. The van der Waals surface area contributed by atoms with Crippen LogP contribution in [0.5, 0.6) is 0 Å². The zero-order chi connectivity index (χ0) is 26.8. The summed E-state index contributed by atoms with van der Waals surface area (Å²) in [5.41, 5.74) is -0.608. The number of carbonyl (C=O) groups is 1. The van der Waals surface area contributed by atoms with Crippen LogP contribution in [0.15, 0.2) is 6.20 Å². The molecule has 0 atom stereocenters. The second-order valence-corrected chi connectivity index (χ2v) is 11.8. The normalized spacial score (nSPS) is 13.4. The molecular weight excluding hydrogens is 446 g/mol. The van der Waals surface area contributed by atoms with Crippen molar-refractivity contribution in [2.45, 2.75) is 130 Å². The number of ether oxygens (including phenoxy) is 4. The first-order chi connectivity index (χ1) is 16.1. The van der Waals surface area contributed by atoms with E-state index in [1.807, 2.05) is 40.8 Å². The van der Waals surface area contributed by atoms with Crippen molar-refractivity contribution in [1.29, 1.82) is 0 Å². The molecular formula is C27H51N3O5. The first kappa shape index (κ1) is 31.7. The van der Waals surface area contributed by atoms with Gasteiger partial charge in [0.1, 0.15) is 5.78 Å². The summed E-state index contributed by atoms with van der Waals surface area (Å²) < 4.78 is 25.9. The number of carbonyl (C=O) groups excluding carboxylic acids is 1. The Labute approximate surface area is 213 Å². The average molecular weight is 498 g/mol. The number of hydrogen-bond acceptors (Lipinski definition) is 7. The molecule has 8 heteroatoms. The average Bonchev–Trinajstić information content (AvgIpc) is 3.16. The molecule has 0 amide bonds. The van der Waals surface area contributed by atoms with E-state index in [2.05, 4.69) is 44.9 Å². The lowest BCUT2D eigenvalue weighted by Crippen LogP contribution is -2.38. The maximum Gasteiger partial charge on any atom is 0.135 e. The first-order valence-corrected chi connectivity index (χ1v) is 13.1. The molecule has 204 valence electrons. The Morgan fingerprint density at radius 3 is 2.09 bits per heavy atom. The summed E-state index contributed by atoms with van der Waals surface area (Å²) in [7, 11) is 0. The van der Waals surface area contributed by atoms with Crippen molar-refractivity contribution in [2.24, 2.45) is 0 Å². The van der Waals surface area contributed by atoms with Crippen LogP contribution in [-0.4, -0.2) is 69.6 Å². The molecule has 0 aliphatic rings. The predicted octanol–water partition coefficient (Wildman–Crippen LogP) is 5.17. The monoisotopic (exact) mass is 497 g/mol. The molecule has 0 spiro atoms. The first-order valence-electron chi connectivity index (χ1n) is 13.1. The quantitative estimate of drug-likeness (QED) is 0.261. The van der Waals surface area contributed by atoms with E-state index >= 15 is 0 Å². The summed E-state index contributed by atoms with van der Waals surface area (Å²) in [5, 5.41) is 8.56. The summed E-state index contributed by atoms with van der Waals surface area (Å²) in [4.78, 5) is 11.8. The van der Waals surface area contributed by atoms with E-state index in [1.54, 1.807) is 4.68 Å². The predicted molar refractivity (Wildman–Crippen MR) is 139 cm³/mol. The molecule has 1 aromatic heterocycles. The smallest absolute Gasteiger partial charge is 0.135 e. The van der Waals surface area contributed by atoms with E-state index in [1.165, 1.54) is 0 Å². The number of hydrogen-bond donors (Lipinski definition) is 0. The van der Waals surface area contributed by atoms with Gasteiger partial charge < -0.3 is 18.9 Å². The Morgan fingerprint density at radius 1 is 0.829 bits per heavy atom. The standard InChI is InChI=1S/C27H51N3O5/c1-11-15-32-24(3,4)13-16-33-25(5,6)18-22-20-30(29-28-22)14-17-34-27(9,10)21-35-26(7,8)19-23(31)12-2/h20H,11-19,21H2,1-10H3. The van der Waals surface area contributed by atoms with Gasteiger partial charge in [0.05, 0.1) is 54.5 Å². The van der Waals surface area contributed by atoms with Crippen LogP contribution in [0.25, 0.3) is 0 Å². The van der Waals surface area contributed by atoms with Crippen molar-refractivity contribution in [3.63, 3.8) is 0 Å². The van der Waals surface area contributed by atoms with Gasteiger partial charge >= 0.3 is 0 Å². The minimum atomic E-state index is -0.498. The van der Waals surface area contributed by atoms with Gasteiger partial charge in [0, 0.05) is 32.1 Å².